The van der Waals surface area contributed by atoms with Crippen molar-refractivity contribution in [3.8, 4) is 24.1 Å². The highest BCUT2D eigenvalue weighted by molar-refractivity contribution is 6.00. The SMILES string of the molecule is C#C.CN.COC(=O)Nc1ccc2c(c1)NC(=O)C(F)(F)C/C=C/C[C@H](NC(=O)C1CCCCC1)c1ncc-2[nH]1. The van der Waals surface area contributed by atoms with Gasteiger partial charge in [0.15, 0.2) is 0 Å². The van der Waals surface area contributed by atoms with Crippen molar-refractivity contribution < 1.29 is 27.9 Å². The average Bonchev–Trinajstić information content (AvgIpc) is 3.47. The van der Waals surface area contributed by atoms with Gasteiger partial charge in [-0.1, -0.05) is 31.4 Å². The van der Waals surface area contributed by atoms with Gasteiger partial charge in [-0.15, -0.1) is 12.8 Å². The number of benzene rings is 1. The van der Waals surface area contributed by atoms with E-state index in [2.05, 4.69) is 49.2 Å². The van der Waals surface area contributed by atoms with E-state index in [4.69, 9.17) is 0 Å². The monoisotopic (exact) mass is 558 g/mol. The number of anilines is 2. The minimum absolute atomic E-state index is 0.0507. The number of aromatic nitrogens is 2. The van der Waals surface area contributed by atoms with Crippen molar-refractivity contribution in [1.29, 1.82) is 0 Å². The van der Waals surface area contributed by atoms with Crippen LogP contribution in [0.5, 0.6) is 0 Å². The van der Waals surface area contributed by atoms with Crippen LogP contribution < -0.4 is 21.7 Å². The lowest BCUT2D eigenvalue weighted by Gasteiger charge is -2.23. The molecule has 2 bridgehead atoms. The number of H-pyrrole nitrogens is 1. The number of imidazole rings is 1. The Morgan fingerprint density at radius 1 is 1.15 bits per heavy atom. The van der Waals surface area contributed by atoms with Crippen LogP contribution in [0.4, 0.5) is 25.0 Å². The lowest BCUT2D eigenvalue weighted by molar-refractivity contribution is -0.139. The molecule has 1 saturated carbocycles. The number of halogens is 2. The van der Waals surface area contributed by atoms with Gasteiger partial charge in [0.2, 0.25) is 5.91 Å². The number of allylic oxidation sites excluding steroid dienone is 1. The number of rotatable bonds is 3. The molecule has 12 heteroatoms. The zero-order chi connectivity index (χ0) is 29.7. The summed E-state index contributed by atoms with van der Waals surface area (Å²) in [7, 11) is 2.69. The van der Waals surface area contributed by atoms with Crippen LogP contribution in [0, 0.1) is 18.8 Å². The third-order valence-corrected chi connectivity index (χ3v) is 6.45. The summed E-state index contributed by atoms with van der Waals surface area (Å²) >= 11 is 0. The molecule has 0 unspecified atom stereocenters. The van der Waals surface area contributed by atoms with E-state index in [1.165, 1.54) is 38.6 Å². The maximum atomic E-state index is 14.6. The number of aromatic amines is 1. The molecule has 1 atom stereocenters. The minimum Gasteiger partial charge on any atom is -0.453 e. The van der Waals surface area contributed by atoms with E-state index in [0.717, 1.165) is 32.1 Å². The molecular formula is C28H36F2N6O4. The summed E-state index contributed by atoms with van der Waals surface area (Å²) in [6.45, 7) is 0. The van der Waals surface area contributed by atoms with Gasteiger partial charge in [-0.3, -0.25) is 14.9 Å². The summed E-state index contributed by atoms with van der Waals surface area (Å²) in [5.74, 6) is -4.83. The van der Waals surface area contributed by atoms with E-state index in [0.29, 0.717) is 17.1 Å². The molecule has 2 heterocycles. The number of carbonyl (C=O) groups is 3. The van der Waals surface area contributed by atoms with Gasteiger partial charge in [0.1, 0.15) is 5.82 Å². The number of fused-ring (bicyclic) bond motifs is 4. The Morgan fingerprint density at radius 2 is 1.85 bits per heavy atom. The second-order valence-corrected chi connectivity index (χ2v) is 9.02. The average molecular weight is 559 g/mol. The van der Waals surface area contributed by atoms with Gasteiger partial charge < -0.3 is 26.1 Å². The van der Waals surface area contributed by atoms with Gasteiger partial charge in [-0.05, 0) is 44.5 Å². The molecule has 1 aliphatic carbocycles. The summed E-state index contributed by atoms with van der Waals surface area (Å²) in [6.07, 6.45) is 15.7. The molecule has 4 rings (SSSR count). The van der Waals surface area contributed by atoms with Crippen molar-refractivity contribution in [2.75, 3.05) is 24.8 Å². The first-order valence-electron chi connectivity index (χ1n) is 12.9. The van der Waals surface area contributed by atoms with Gasteiger partial charge in [-0.25, -0.2) is 9.78 Å². The Morgan fingerprint density at radius 3 is 2.52 bits per heavy atom. The molecule has 2 aliphatic rings. The van der Waals surface area contributed by atoms with E-state index in [1.54, 1.807) is 12.1 Å². The second kappa shape index (κ2) is 15.4. The van der Waals surface area contributed by atoms with Crippen molar-refractivity contribution in [2.24, 2.45) is 11.7 Å². The molecule has 1 aliphatic heterocycles. The highest BCUT2D eigenvalue weighted by Crippen LogP contribution is 2.33. The lowest BCUT2D eigenvalue weighted by atomic mass is 9.88. The minimum atomic E-state index is -3.67. The smallest absolute Gasteiger partial charge is 0.411 e. The van der Waals surface area contributed by atoms with Crippen molar-refractivity contribution in [1.82, 2.24) is 15.3 Å². The maximum Gasteiger partial charge on any atom is 0.411 e. The van der Waals surface area contributed by atoms with Gasteiger partial charge in [0, 0.05) is 23.6 Å². The largest absolute Gasteiger partial charge is 0.453 e. The predicted octanol–water partition coefficient (Wildman–Crippen LogP) is 4.74. The zero-order valence-corrected chi connectivity index (χ0v) is 22.6. The van der Waals surface area contributed by atoms with E-state index < -0.39 is 30.4 Å². The summed E-state index contributed by atoms with van der Waals surface area (Å²) < 4.78 is 33.8. The molecule has 0 saturated heterocycles. The van der Waals surface area contributed by atoms with E-state index in [-0.39, 0.29) is 29.6 Å². The number of methoxy groups -OCH3 is 1. The number of terminal acetylenes is 1. The van der Waals surface area contributed by atoms with Gasteiger partial charge >= 0.3 is 12.0 Å². The first kappa shape index (κ1) is 32.0. The molecule has 0 spiro atoms. The van der Waals surface area contributed by atoms with Gasteiger partial charge in [0.05, 0.1) is 30.7 Å². The van der Waals surface area contributed by atoms with E-state index >= 15 is 0 Å². The number of ether oxygens (including phenoxy) is 1. The highest BCUT2D eigenvalue weighted by atomic mass is 19.3. The Labute approximate surface area is 232 Å². The zero-order valence-electron chi connectivity index (χ0n) is 22.6. The van der Waals surface area contributed by atoms with Crippen molar-refractivity contribution in [2.45, 2.75) is 56.9 Å². The number of alkyl halides is 2. The van der Waals surface area contributed by atoms with Crippen LogP contribution in [0.1, 0.15) is 56.8 Å². The fourth-order valence-electron chi connectivity index (χ4n) is 4.44. The number of hydrogen-bond donors (Lipinski definition) is 5. The number of nitrogens with zero attached hydrogens (tertiary/aromatic N) is 1. The molecule has 40 heavy (non-hydrogen) atoms. The van der Waals surface area contributed by atoms with Crippen LogP contribution in [0.2, 0.25) is 0 Å². The summed E-state index contributed by atoms with van der Waals surface area (Å²) in [4.78, 5) is 44.6. The fourth-order valence-corrected chi connectivity index (χ4v) is 4.44. The van der Waals surface area contributed by atoms with Crippen LogP contribution in [0.25, 0.3) is 11.3 Å². The number of carbonyl (C=O) groups excluding carboxylic acids is 3. The third kappa shape index (κ3) is 8.38. The molecule has 2 aromatic rings. The van der Waals surface area contributed by atoms with Gasteiger partial charge in [0.25, 0.3) is 5.91 Å². The normalized spacial score (nSPS) is 19.1. The fraction of sp³-hybridized carbons (Fsp3) is 0.429. The van der Waals surface area contributed by atoms with Crippen LogP contribution in [-0.2, 0) is 14.3 Å². The number of nitrogens with two attached hydrogens (primary N) is 1. The van der Waals surface area contributed by atoms with Crippen molar-refractivity contribution in [3.63, 3.8) is 0 Å². The van der Waals surface area contributed by atoms with Crippen molar-refractivity contribution in [3.05, 3.63) is 42.4 Å². The molecule has 6 N–H and O–H groups in total. The van der Waals surface area contributed by atoms with Crippen LogP contribution in [0.3, 0.4) is 0 Å². The Balaban J connectivity index is 0.00000134. The molecule has 0 radical (unpaired) electrons. The summed E-state index contributed by atoms with van der Waals surface area (Å²) in [6, 6.07) is 3.91. The Hall–Kier alpha value is -4.24. The standard InChI is InChI=1S/C25H29F2N5O4.C2H2.CH5N/c1-36-24(35)29-16-10-11-17-19(13-16)32-23(34)25(26,27)12-6-5-9-18(21-28-14-20(17)30-21)31-22(33)15-7-3-2-4-8-15;2*1-2/h5-6,10-11,13-15,18H,2-4,7-9,12H2,1H3,(H,28,30)(H,29,35)(H,31,33)(H,32,34);1-2H;2H2,1H3/b6-5+;;/t18-;;/m0../s1. The van der Waals surface area contributed by atoms with Gasteiger partial charge in [-0.2, -0.15) is 8.78 Å². The third-order valence-electron chi connectivity index (χ3n) is 6.45. The number of amides is 3. The summed E-state index contributed by atoms with van der Waals surface area (Å²) in [5.41, 5.74) is 5.63. The number of nitrogens with one attached hydrogen (secondary N) is 4. The molecule has 10 nitrogen and oxygen atoms in total. The predicted molar refractivity (Wildman–Crippen MR) is 149 cm³/mol. The molecule has 1 aromatic carbocycles. The van der Waals surface area contributed by atoms with E-state index in [1.807, 2.05) is 0 Å². The summed E-state index contributed by atoms with van der Waals surface area (Å²) in [5, 5.41) is 7.75. The lowest BCUT2D eigenvalue weighted by Crippen LogP contribution is -2.35. The van der Waals surface area contributed by atoms with Crippen LogP contribution in [0.15, 0.2) is 36.5 Å². The Kier molecular flexibility index (Phi) is 12.3. The second-order valence-electron chi connectivity index (χ2n) is 9.02. The van der Waals surface area contributed by atoms with Crippen LogP contribution >= 0.6 is 0 Å². The molecule has 1 aromatic heterocycles. The van der Waals surface area contributed by atoms with E-state index in [9.17, 15) is 23.2 Å². The molecule has 216 valence electrons. The first-order chi connectivity index (χ1) is 19.3. The number of hydrogen-bond acceptors (Lipinski definition) is 6. The quantitative estimate of drug-likeness (QED) is 0.271. The molecular weight excluding hydrogens is 522 g/mol. The molecule has 1 fully saturated rings. The maximum absolute atomic E-state index is 14.6. The van der Waals surface area contributed by atoms with Crippen molar-refractivity contribution >= 4 is 29.3 Å². The van der Waals surface area contributed by atoms with Crippen LogP contribution in [-0.4, -0.2) is 48.0 Å². The highest BCUT2D eigenvalue weighted by Gasteiger charge is 2.38. The topological polar surface area (TPSA) is 151 Å². The first-order valence-corrected chi connectivity index (χ1v) is 12.9. The Bertz CT molecular complexity index is 1200. The molecule has 3 amide bonds.